The van der Waals surface area contributed by atoms with Gasteiger partial charge in [0.05, 0.1) is 19.8 Å². The van der Waals surface area contributed by atoms with Crippen LogP contribution in [0.4, 0.5) is 9.59 Å². The fraction of sp³-hybridized carbons (Fsp3) is 0.824. The number of carbonyl (C=O) groups excluding carboxylic acids is 3. The van der Waals surface area contributed by atoms with Gasteiger partial charge in [-0.15, -0.1) is 0 Å². The second-order valence-electron chi connectivity index (χ2n) is 6.49. The summed E-state index contributed by atoms with van der Waals surface area (Å²) in [4.78, 5) is 41.0. The van der Waals surface area contributed by atoms with E-state index >= 15 is 0 Å². The van der Waals surface area contributed by atoms with Crippen molar-refractivity contribution in [3.63, 3.8) is 0 Å². The maximum absolute atomic E-state index is 12.3. The molecule has 2 rings (SSSR count). The standard InChI is InChI=1S/C17H30N4O5/c1-3-25-16(23)20-7-5-14(6-8-20)18-15(22)13-19-9-11-21(12-10-19)17(24)26-4-2/h14H,3-13H2,1-2H3,(H,18,22). The molecule has 9 nitrogen and oxygen atoms in total. The summed E-state index contributed by atoms with van der Waals surface area (Å²) in [7, 11) is 0. The van der Waals surface area contributed by atoms with E-state index < -0.39 is 0 Å². The number of hydrogen-bond donors (Lipinski definition) is 1. The van der Waals surface area contributed by atoms with Crippen LogP contribution in [0.1, 0.15) is 26.7 Å². The Bertz CT molecular complexity index is 444. The highest BCUT2D eigenvalue weighted by Gasteiger charge is 2.26. The first-order valence-corrected chi connectivity index (χ1v) is 9.38. The zero-order valence-electron chi connectivity index (χ0n) is 15.7. The van der Waals surface area contributed by atoms with Crippen LogP contribution in [0.2, 0.25) is 0 Å². The first-order valence-electron chi connectivity index (χ1n) is 9.38. The lowest BCUT2D eigenvalue weighted by atomic mass is 10.1. The molecule has 9 heteroatoms. The minimum Gasteiger partial charge on any atom is -0.450 e. The number of nitrogens with zero attached hydrogens (tertiary/aromatic N) is 3. The van der Waals surface area contributed by atoms with Crippen molar-refractivity contribution in [3.8, 4) is 0 Å². The first kappa shape index (κ1) is 20.3. The summed E-state index contributed by atoms with van der Waals surface area (Å²) >= 11 is 0. The van der Waals surface area contributed by atoms with Crippen molar-refractivity contribution < 1.29 is 23.9 Å². The number of rotatable bonds is 5. The van der Waals surface area contributed by atoms with Crippen LogP contribution in [0.5, 0.6) is 0 Å². The largest absolute Gasteiger partial charge is 0.450 e. The van der Waals surface area contributed by atoms with Crippen LogP contribution in [0.25, 0.3) is 0 Å². The van der Waals surface area contributed by atoms with Crippen LogP contribution in [0.15, 0.2) is 0 Å². The average molecular weight is 370 g/mol. The van der Waals surface area contributed by atoms with E-state index in [9.17, 15) is 14.4 Å². The molecule has 148 valence electrons. The number of nitrogens with one attached hydrogen (secondary N) is 1. The molecular formula is C17H30N4O5. The van der Waals surface area contributed by atoms with Gasteiger partial charge in [0.2, 0.25) is 5.91 Å². The van der Waals surface area contributed by atoms with E-state index in [2.05, 4.69) is 5.32 Å². The van der Waals surface area contributed by atoms with Gasteiger partial charge in [0.25, 0.3) is 0 Å². The predicted octanol–water partition coefficient (Wildman–Crippen LogP) is 0.498. The Labute approximate surface area is 154 Å². The highest BCUT2D eigenvalue weighted by atomic mass is 16.6. The molecule has 2 aliphatic heterocycles. The SMILES string of the molecule is CCOC(=O)N1CCC(NC(=O)CN2CCN(C(=O)OCC)CC2)CC1. The van der Waals surface area contributed by atoms with Gasteiger partial charge in [-0.25, -0.2) is 9.59 Å². The Morgan fingerprint density at radius 3 is 1.85 bits per heavy atom. The maximum atomic E-state index is 12.3. The lowest BCUT2D eigenvalue weighted by molar-refractivity contribution is -0.123. The van der Waals surface area contributed by atoms with E-state index in [-0.39, 0.29) is 24.1 Å². The Hall–Kier alpha value is -2.03. The predicted molar refractivity (Wildman–Crippen MR) is 94.8 cm³/mol. The molecule has 2 fully saturated rings. The Morgan fingerprint density at radius 2 is 1.35 bits per heavy atom. The van der Waals surface area contributed by atoms with Crippen molar-refractivity contribution in [1.82, 2.24) is 20.0 Å². The number of hydrogen-bond acceptors (Lipinski definition) is 6. The number of amides is 3. The van der Waals surface area contributed by atoms with Gasteiger partial charge < -0.3 is 24.6 Å². The van der Waals surface area contributed by atoms with Crippen molar-refractivity contribution >= 4 is 18.1 Å². The van der Waals surface area contributed by atoms with Gasteiger partial charge in [0.1, 0.15) is 0 Å². The Kier molecular flexibility index (Phi) is 7.96. The fourth-order valence-electron chi connectivity index (χ4n) is 3.20. The Balaban J connectivity index is 1.64. The van der Waals surface area contributed by atoms with E-state index in [0.29, 0.717) is 59.0 Å². The third-order valence-electron chi connectivity index (χ3n) is 4.65. The second-order valence-corrected chi connectivity index (χ2v) is 6.49. The molecule has 2 saturated heterocycles. The number of piperidine rings is 1. The zero-order chi connectivity index (χ0) is 18.9. The van der Waals surface area contributed by atoms with E-state index in [4.69, 9.17) is 9.47 Å². The number of likely N-dealkylation sites (tertiary alicyclic amines) is 1. The normalized spacial score (nSPS) is 19.2. The molecule has 1 N–H and O–H groups in total. The average Bonchev–Trinajstić information content (AvgIpc) is 2.63. The van der Waals surface area contributed by atoms with E-state index in [1.54, 1.807) is 23.6 Å². The molecule has 0 aliphatic carbocycles. The summed E-state index contributed by atoms with van der Waals surface area (Å²) in [6.07, 6.45) is 0.907. The van der Waals surface area contributed by atoms with Gasteiger partial charge in [-0.1, -0.05) is 0 Å². The molecule has 3 amide bonds. The fourth-order valence-corrected chi connectivity index (χ4v) is 3.20. The highest BCUT2D eigenvalue weighted by Crippen LogP contribution is 2.12. The highest BCUT2D eigenvalue weighted by molar-refractivity contribution is 5.78. The molecule has 0 aromatic rings. The van der Waals surface area contributed by atoms with Gasteiger partial charge in [0.15, 0.2) is 0 Å². The molecule has 0 radical (unpaired) electrons. The first-order chi connectivity index (χ1) is 12.5. The van der Waals surface area contributed by atoms with Crippen LogP contribution in [-0.2, 0) is 14.3 Å². The molecule has 0 bridgehead atoms. The quantitative estimate of drug-likeness (QED) is 0.758. The van der Waals surface area contributed by atoms with E-state index in [1.165, 1.54) is 0 Å². The summed E-state index contributed by atoms with van der Waals surface area (Å²) in [5.74, 6) is -0.0100. The number of ether oxygens (including phenoxy) is 2. The van der Waals surface area contributed by atoms with Crippen LogP contribution in [-0.4, -0.2) is 97.9 Å². The zero-order valence-corrected chi connectivity index (χ0v) is 15.7. The van der Waals surface area contributed by atoms with Crippen molar-refractivity contribution in [2.45, 2.75) is 32.7 Å². The molecule has 2 heterocycles. The summed E-state index contributed by atoms with van der Waals surface area (Å²) in [6, 6.07) is 0.0917. The minimum absolute atomic E-state index is 0.0100. The van der Waals surface area contributed by atoms with Crippen LogP contribution in [0, 0.1) is 0 Å². The summed E-state index contributed by atoms with van der Waals surface area (Å²) in [6.45, 7) is 8.32. The topological polar surface area (TPSA) is 91.4 Å². The van der Waals surface area contributed by atoms with E-state index in [0.717, 1.165) is 12.8 Å². The van der Waals surface area contributed by atoms with Crippen molar-refractivity contribution in [1.29, 1.82) is 0 Å². The van der Waals surface area contributed by atoms with Crippen molar-refractivity contribution in [3.05, 3.63) is 0 Å². The number of carbonyl (C=O) groups is 3. The summed E-state index contributed by atoms with van der Waals surface area (Å²) < 4.78 is 9.99. The van der Waals surface area contributed by atoms with Gasteiger partial charge in [0, 0.05) is 45.3 Å². The minimum atomic E-state index is -0.287. The molecule has 0 saturated carbocycles. The molecule has 0 unspecified atom stereocenters. The van der Waals surface area contributed by atoms with E-state index in [1.807, 2.05) is 4.90 Å². The van der Waals surface area contributed by atoms with Crippen LogP contribution in [0.3, 0.4) is 0 Å². The second kappa shape index (κ2) is 10.2. The Morgan fingerprint density at radius 1 is 0.846 bits per heavy atom. The van der Waals surface area contributed by atoms with Crippen LogP contribution < -0.4 is 5.32 Å². The monoisotopic (exact) mass is 370 g/mol. The smallest absolute Gasteiger partial charge is 0.409 e. The third-order valence-corrected chi connectivity index (χ3v) is 4.65. The molecule has 0 atom stereocenters. The molecule has 26 heavy (non-hydrogen) atoms. The van der Waals surface area contributed by atoms with Crippen molar-refractivity contribution in [2.75, 3.05) is 59.0 Å². The molecule has 0 spiro atoms. The molecule has 2 aliphatic rings. The summed E-state index contributed by atoms with van der Waals surface area (Å²) in [5, 5.41) is 3.05. The van der Waals surface area contributed by atoms with Crippen LogP contribution >= 0.6 is 0 Å². The van der Waals surface area contributed by atoms with Crippen molar-refractivity contribution in [2.24, 2.45) is 0 Å². The number of piperazine rings is 1. The molecule has 0 aromatic carbocycles. The van der Waals surface area contributed by atoms with Gasteiger partial charge in [-0.3, -0.25) is 9.69 Å². The lowest BCUT2D eigenvalue weighted by Gasteiger charge is -2.34. The lowest BCUT2D eigenvalue weighted by Crippen LogP contribution is -2.53. The summed E-state index contributed by atoms with van der Waals surface area (Å²) in [5.41, 5.74) is 0. The third kappa shape index (κ3) is 6.05. The molecular weight excluding hydrogens is 340 g/mol. The van der Waals surface area contributed by atoms with Gasteiger partial charge in [-0.2, -0.15) is 0 Å². The maximum Gasteiger partial charge on any atom is 0.409 e. The van der Waals surface area contributed by atoms with Gasteiger partial charge >= 0.3 is 12.2 Å². The van der Waals surface area contributed by atoms with Gasteiger partial charge in [-0.05, 0) is 26.7 Å². The molecule has 0 aromatic heterocycles.